The summed E-state index contributed by atoms with van der Waals surface area (Å²) in [4.78, 5) is 35.6. The number of benzene rings is 1. The minimum Gasteiger partial charge on any atom is -0.463 e. The lowest BCUT2D eigenvalue weighted by Crippen LogP contribution is -2.57. The van der Waals surface area contributed by atoms with E-state index >= 15 is 0 Å². The average Bonchev–Trinajstić information content (AvgIpc) is 3.30. The zero-order valence-electron chi connectivity index (χ0n) is 20.5. The van der Waals surface area contributed by atoms with E-state index in [2.05, 4.69) is 10.3 Å². The minimum atomic E-state index is -1.63. The van der Waals surface area contributed by atoms with Gasteiger partial charge in [0.2, 0.25) is 0 Å². The first kappa shape index (κ1) is 28.4. The van der Waals surface area contributed by atoms with Crippen LogP contribution < -0.4 is 0 Å². The number of thioether (sulfide) groups is 1. The second-order valence-corrected chi connectivity index (χ2v) is 9.40. The fourth-order valence-electron chi connectivity index (χ4n) is 3.81. The van der Waals surface area contributed by atoms with Crippen molar-refractivity contribution in [2.24, 2.45) is 0 Å². The standard InChI is InChI=1S/C23H26F3N3O7S/c1-5-6-37-23-22(35-13(4)32)20(21(34-12(3)31)18(36-23)10-33-11(2)30)29-9-17(27-28-29)14-7-15(24)19(26)16(25)8-14/h7-9,18,20-23H,5-6,10H2,1-4H3/t18-,20+,21+,22-,23-/m1/s1. The van der Waals surface area contributed by atoms with E-state index in [-0.39, 0.29) is 17.9 Å². The van der Waals surface area contributed by atoms with Crippen molar-refractivity contribution in [1.29, 1.82) is 0 Å². The molecule has 1 fully saturated rings. The van der Waals surface area contributed by atoms with E-state index in [4.69, 9.17) is 18.9 Å². The van der Waals surface area contributed by atoms with Gasteiger partial charge in [-0.1, -0.05) is 12.1 Å². The van der Waals surface area contributed by atoms with Gasteiger partial charge in [0, 0.05) is 26.3 Å². The van der Waals surface area contributed by atoms with E-state index in [1.54, 1.807) is 0 Å². The number of ether oxygens (including phenoxy) is 4. The van der Waals surface area contributed by atoms with Crippen molar-refractivity contribution < 1.29 is 46.5 Å². The van der Waals surface area contributed by atoms with Gasteiger partial charge >= 0.3 is 17.9 Å². The molecule has 2 heterocycles. The van der Waals surface area contributed by atoms with E-state index in [0.29, 0.717) is 5.75 Å². The minimum absolute atomic E-state index is 0.0262. The molecule has 1 aromatic carbocycles. The third-order valence-electron chi connectivity index (χ3n) is 5.25. The van der Waals surface area contributed by atoms with E-state index in [9.17, 15) is 27.6 Å². The number of carbonyl (C=O) groups is 3. The third kappa shape index (κ3) is 7.01. The van der Waals surface area contributed by atoms with Crippen molar-refractivity contribution in [2.45, 2.75) is 63.9 Å². The van der Waals surface area contributed by atoms with Crippen LogP contribution in [-0.4, -0.2) is 69.0 Å². The number of nitrogens with zero attached hydrogens (tertiary/aromatic N) is 3. The Bertz CT molecular complexity index is 1130. The van der Waals surface area contributed by atoms with Crippen LogP contribution in [0.15, 0.2) is 18.3 Å². The van der Waals surface area contributed by atoms with E-state index < -0.39 is 65.1 Å². The number of halogens is 3. The summed E-state index contributed by atoms with van der Waals surface area (Å²) in [6.07, 6.45) is -1.15. The highest BCUT2D eigenvalue weighted by molar-refractivity contribution is 7.99. The fraction of sp³-hybridized carbons (Fsp3) is 0.522. The molecule has 0 unspecified atom stereocenters. The van der Waals surface area contributed by atoms with Gasteiger partial charge in [0.1, 0.15) is 29.9 Å². The molecule has 1 saturated heterocycles. The van der Waals surface area contributed by atoms with Crippen LogP contribution in [0.5, 0.6) is 0 Å². The first-order chi connectivity index (χ1) is 17.5. The SMILES string of the molecule is CCCS[C@H]1O[C@H](COC(C)=O)[C@H](OC(C)=O)[C@H](n2cc(-c3cc(F)c(F)c(F)c3)nn2)[C@H]1OC(C)=O. The molecular formula is C23H26F3N3O7S. The Morgan fingerprint density at radius 1 is 1.03 bits per heavy atom. The van der Waals surface area contributed by atoms with Crippen LogP contribution in [0.1, 0.15) is 40.2 Å². The third-order valence-corrected chi connectivity index (χ3v) is 6.61. The lowest BCUT2D eigenvalue weighted by molar-refractivity contribution is -0.212. The van der Waals surface area contributed by atoms with Gasteiger partial charge in [0.05, 0.1) is 6.20 Å². The van der Waals surface area contributed by atoms with Crippen molar-refractivity contribution in [3.8, 4) is 11.3 Å². The summed E-state index contributed by atoms with van der Waals surface area (Å²) < 4.78 is 64.6. The smallest absolute Gasteiger partial charge is 0.303 e. The van der Waals surface area contributed by atoms with Gasteiger partial charge < -0.3 is 18.9 Å². The summed E-state index contributed by atoms with van der Waals surface area (Å²) in [5.41, 5.74) is -0.910. The molecule has 37 heavy (non-hydrogen) atoms. The summed E-state index contributed by atoms with van der Waals surface area (Å²) >= 11 is 1.33. The van der Waals surface area contributed by atoms with Gasteiger partial charge in [-0.25, -0.2) is 17.9 Å². The Morgan fingerprint density at radius 3 is 2.22 bits per heavy atom. The zero-order valence-corrected chi connectivity index (χ0v) is 21.3. The number of carbonyl (C=O) groups excluding carboxylic acids is 3. The van der Waals surface area contributed by atoms with Crippen molar-refractivity contribution in [2.75, 3.05) is 12.4 Å². The molecule has 202 valence electrons. The molecule has 0 aliphatic carbocycles. The molecule has 0 amide bonds. The largest absolute Gasteiger partial charge is 0.463 e. The molecule has 0 spiro atoms. The van der Waals surface area contributed by atoms with Gasteiger partial charge in [0.15, 0.2) is 29.7 Å². The molecule has 10 nitrogen and oxygen atoms in total. The van der Waals surface area contributed by atoms with Crippen molar-refractivity contribution in [1.82, 2.24) is 15.0 Å². The van der Waals surface area contributed by atoms with Gasteiger partial charge in [-0.2, -0.15) is 0 Å². The number of rotatable bonds is 9. The van der Waals surface area contributed by atoms with Crippen LogP contribution in [-0.2, 0) is 33.3 Å². The average molecular weight is 546 g/mol. The monoisotopic (exact) mass is 545 g/mol. The second kappa shape index (κ2) is 12.4. The molecular weight excluding hydrogens is 519 g/mol. The normalized spacial score (nSPS) is 23.4. The maximum atomic E-state index is 13.8. The van der Waals surface area contributed by atoms with E-state index in [0.717, 1.165) is 25.5 Å². The van der Waals surface area contributed by atoms with Gasteiger partial charge in [-0.3, -0.25) is 14.4 Å². The van der Waals surface area contributed by atoms with Crippen molar-refractivity contribution >= 4 is 29.7 Å². The zero-order chi connectivity index (χ0) is 27.3. The summed E-state index contributed by atoms with van der Waals surface area (Å²) in [5, 5.41) is 7.96. The van der Waals surface area contributed by atoms with Crippen LogP contribution in [0.25, 0.3) is 11.3 Å². The highest BCUT2D eigenvalue weighted by atomic mass is 32.2. The Hall–Kier alpha value is -3.13. The Morgan fingerprint density at radius 2 is 1.65 bits per heavy atom. The summed E-state index contributed by atoms with van der Waals surface area (Å²) in [7, 11) is 0. The molecule has 14 heteroatoms. The topological polar surface area (TPSA) is 119 Å². The molecule has 1 aliphatic heterocycles. The quantitative estimate of drug-likeness (QED) is 0.264. The molecule has 2 aromatic rings. The number of hydrogen-bond donors (Lipinski definition) is 0. The van der Waals surface area contributed by atoms with Crippen molar-refractivity contribution in [3.05, 3.63) is 35.8 Å². The first-order valence-electron chi connectivity index (χ1n) is 11.3. The maximum Gasteiger partial charge on any atom is 0.303 e. The summed E-state index contributed by atoms with van der Waals surface area (Å²) in [6, 6.07) is 0.480. The first-order valence-corrected chi connectivity index (χ1v) is 12.4. The Kier molecular flexibility index (Phi) is 9.54. The van der Waals surface area contributed by atoms with Crippen LogP contribution in [0.2, 0.25) is 0 Å². The van der Waals surface area contributed by atoms with Gasteiger partial charge in [-0.05, 0) is 24.3 Å². The van der Waals surface area contributed by atoms with Crippen LogP contribution >= 0.6 is 11.8 Å². The molecule has 0 saturated carbocycles. The maximum absolute atomic E-state index is 13.8. The number of esters is 3. The van der Waals surface area contributed by atoms with E-state index in [1.807, 2.05) is 6.92 Å². The van der Waals surface area contributed by atoms with Gasteiger partial charge in [0.25, 0.3) is 0 Å². The lowest BCUT2D eigenvalue weighted by Gasteiger charge is -2.44. The summed E-state index contributed by atoms with van der Waals surface area (Å²) in [5.74, 6) is -5.78. The van der Waals surface area contributed by atoms with E-state index in [1.165, 1.54) is 36.5 Å². The molecule has 0 N–H and O–H groups in total. The number of hydrogen-bond acceptors (Lipinski definition) is 10. The molecule has 0 bridgehead atoms. The molecule has 1 aliphatic rings. The molecule has 1 aromatic heterocycles. The second-order valence-electron chi connectivity index (χ2n) is 8.19. The fourth-order valence-corrected chi connectivity index (χ4v) is 4.91. The van der Waals surface area contributed by atoms with Gasteiger partial charge in [-0.15, -0.1) is 16.9 Å². The van der Waals surface area contributed by atoms with Crippen LogP contribution in [0.4, 0.5) is 13.2 Å². The Balaban J connectivity index is 2.10. The highest BCUT2D eigenvalue weighted by Crippen LogP contribution is 2.39. The molecule has 3 rings (SSSR count). The number of aromatic nitrogens is 3. The van der Waals surface area contributed by atoms with Crippen molar-refractivity contribution in [3.63, 3.8) is 0 Å². The molecule has 5 atom stereocenters. The predicted octanol–water partition coefficient (Wildman–Crippen LogP) is 3.20. The molecule has 0 radical (unpaired) electrons. The highest BCUT2D eigenvalue weighted by Gasteiger charge is 2.51. The van der Waals surface area contributed by atoms with Crippen LogP contribution in [0.3, 0.4) is 0 Å². The summed E-state index contributed by atoms with van der Waals surface area (Å²) in [6.45, 7) is 5.22. The Labute approximate surface area is 214 Å². The van der Waals surface area contributed by atoms with Crippen LogP contribution in [0, 0.1) is 17.5 Å². The predicted molar refractivity (Wildman–Crippen MR) is 124 cm³/mol. The lowest BCUT2D eigenvalue weighted by atomic mass is 9.96.